The van der Waals surface area contributed by atoms with Crippen molar-refractivity contribution in [2.24, 2.45) is 4.99 Å². The van der Waals surface area contributed by atoms with E-state index in [0.717, 1.165) is 17.3 Å². The number of aliphatic imine (C=N–C) groups is 1. The zero-order valence-electron chi connectivity index (χ0n) is 11.8. The molecule has 4 nitrogen and oxygen atoms in total. The smallest absolute Gasteiger partial charge is 0.191 e. The molecule has 0 saturated heterocycles. The van der Waals surface area contributed by atoms with Gasteiger partial charge in [0.05, 0.1) is 6.54 Å². The van der Waals surface area contributed by atoms with E-state index in [1.807, 2.05) is 18.2 Å². The standard InChI is InChI=1S/C15H19N3O.HI/c1-10-12-5-3-4-6-13(12)19-14(10)9-17-15(16-2)18-11-7-8-11;/h3-6,11H,7-9H2,1-2H3,(H2,16,17,18);1H. The molecule has 0 amide bonds. The molecule has 0 radical (unpaired) electrons. The van der Waals surface area contributed by atoms with Gasteiger partial charge < -0.3 is 15.1 Å². The van der Waals surface area contributed by atoms with Crippen molar-refractivity contribution in [3.63, 3.8) is 0 Å². The normalized spacial score (nSPS) is 15.0. The Labute approximate surface area is 136 Å². The van der Waals surface area contributed by atoms with Crippen molar-refractivity contribution in [2.75, 3.05) is 7.05 Å². The minimum absolute atomic E-state index is 0. The molecule has 0 spiro atoms. The fourth-order valence-electron chi connectivity index (χ4n) is 2.17. The Morgan fingerprint density at radius 1 is 1.35 bits per heavy atom. The maximum atomic E-state index is 5.87. The summed E-state index contributed by atoms with van der Waals surface area (Å²) in [6.45, 7) is 2.76. The summed E-state index contributed by atoms with van der Waals surface area (Å²) in [5, 5.41) is 7.85. The molecule has 2 aromatic rings. The van der Waals surface area contributed by atoms with Gasteiger partial charge in [0.15, 0.2) is 5.96 Å². The van der Waals surface area contributed by atoms with E-state index < -0.39 is 0 Å². The second-order valence-corrected chi connectivity index (χ2v) is 4.99. The third-order valence-electron chi connectivity index (χ3n) is 3.50. The second kappa shape index (κ2) is 6.47. The van der Waals surface area contributed by atoms with Crippen molar-refractivity contribution < 1.29 is 4.42 Å². The molecule has 108 valence electrons. The van der Waals surface area contributed by atoms with E-state index >= 15 is 0 Å². The third kappa shape index (κ3) is 3.26. The molecule has 0 unspecified atom stereocenters. The van der Waals surface area contributed by atoms with Gasteiger partial charge in [0, 0.05) is 24.0 Å². The number of halogens is 1. The molecule has 1 heterocycles. The fourth-order valence-corrected chi connectivity index (χ4v) is 2.17. The number of aryl methyl sites for hydroxylation is 1. The Morgan fingerprint density at radius 2 is 2.10 bits per heavy atom. The maximum Gasteiger partial charge on any atom is 0.191 e. The third-order valence-corrected chi connectivity index (χ3v) is 3.50. The zero-order valence-corrected chi connectivity index (χ0v) is 14.1. The first kappa shape index (κ1) is 15.2. The van der Waals surface area contributed by atoms with Crippen molar-refractivity contribution in [1.82, 2.24) is 10.6 Å². The van der Waals surface area contributed by atoms with Crippen LogP contribution >= 0.6 is 24.0 Å². The number of para-hydroxylation sites is 1. The lowest BCUT2D eigenvalue weighted by Gasteiger charge is -2.10. The van der Waals surface area contributed by atoms with E-state index in [-0.39, 0.29) is 24.0 Å². The number of fused-ring (bicyclic) bond motifs is 1. The lowest BCUT2D eigenvalue weighted by molar-refractivity contribution is 0.534. The van der Waals surface area contributed by atoms with Crippen LogP contribution in [0.4, 0.5) is 0 Å². The molecule has 1 fully saturated rings. The van der Waals surface area contributed by atoms with Crippen molar-refractivity contribution >= 4 is 40.9 Å². The number of hydrogen-bond acceptors (Lipinski definition) is 2. The average Bonchev–Trinajstić information content (AvgIpc) is 3.20. The predicted molar refractivity (Wildman–Crippen MR) is 92.7 cm³/mol. The summed E-state index contributed by atoms with van der Waals surface area (Å²) >= 11 is 0. The SMILES string of the molecule is CN=C(NCc1oc2ccccc2c1C)NC1CC1.I. The summed E-state index contributed by atoms with van der Waals surface area (Å²) in [7, 11) is 1.79. The van der Waals surface area contributed by atoms with Gasteiger partial charge in [-0.25, -0.2) is 0 Å². The van der Waals surface area contributed by atoms with Crippen LogP contribution in [-0.2, 0) is 6.54 Å². The molecular formula is C15H20IN3O. The second-order valence-electron chi connectivity index (χ2n) is 4.99. The fraction of sp³-hybridized carbons (Fsp3) is 0.400. The quantitative estimate of drug-likeness (QED) is 0.485. The number of guanidine groups is 1. The molecule has 5 heteroatoms. The Bertz CT molecular complexity index is 617. The van der Waals surface area contributed by atoms with E-state index in [1.54, 1.807) is 7.05 Å². The molecule has 20 heavy (non-hydrogen) atoms. The van der Waals surface area contributed by atoms with Gasteiger partial charge in [-0.1, -0.05) is 18.2 Å². The van der Waals surface area contributed by atoms with Crippen LogP contribution in [0.25, 0.3) is 11.0 Å². The highest BCUT2D eigenvalue weighted by atomic mass is 127. The van der Waals surface area contributed by atoms with Gasteiger partial charge in [0.1, 0.15) is 11.3 Å². The Balaban J connectivity index is 0.00000147. The molecule has 1 aliphatic carbocycles. The molecule has 1 saturated carbocycles. The number of furan rings is 1. The van der Waals surface area contributed by atoms with Crippen LogP contribution in [0.15, 0.2) is 33.7 Å². The van der Waals surface area contributed by atoms with Gasteiger partial charge in [0.2, 0.25) is 0 Å². The molecule has 1 aromatic carbocycles. The van der Waals surface area contributed by atoms with Crippen LogP contribution in [0.1, 0.15) is 24.2 Å². The molecule has 0 aliphatic heterocycles. The summed E-state index contributed by atoms with van der Waals surface area (Å²) in [6, 6.07) is 8.73. The Kier molecular flexibility index (Phi) is 4.91. The van der Waals surface area contributed by atoms with Crippen LogP contribution in [0.2, 0.25) is 0 Å². The van der Waals surface area contributed by atoms with Crippen molar-refractivity contribution in [2.45, 2.75) is 32.4 Å². The largest absolute Gasteiger partial charge is 0.459 e. The van der Waals surface area contributed by atoms with Crippen molar-refractivity contribution in [1.29, 1.82) is 0 Å². The molecule has 2 N–H and O–H groups in total. The lowest BCUT2D eigenvalue weighted by Crippen LogP contribution is -2.38. The first-order valence-corrected chi connectivity index (χ1v) is 6.72. The van der Waals surface area contributed by atoms with E-state index in [2.05, 4.69) is 28.6 Å². The number of hydrogen-bond donors (Lipinski definition) is 2. The average molecular weight is 385 g/mol. The lowest BCUT2D eigenvalue weighted by atomic mass is 10.1. The van der Waals surface area contributed by atoms with E-state index in [0.29, 0.717) is 12.6 Å². The molecule has 0 bridgehead atoms. The molecule has 1 aliphatic rings. The first-order chi connectivity index (χ1) is 9.28. The highest BCUT2D eigenvalue weighted by Gasteiger charge is 2.22. The summed E-state index contributed by atoms with van der Waals surface area (Å²) in [4.78, 5) is 4.22. The van der Waals surface area contributed by atoms with Gasteiger partial charge in [-0.05, 0) is 25.8 Å². The molecular weight excluding hydrogens is 365 g/mol. The maximum absolute atomic E-state index is 5.87. The van der Waals surface area contributed by atoms with Crippen LogP contribution in [0, 0.1) is 6.92 Å². The summed E-state index contributed by atoms with van der Waals surface area (Å²) in [5.74, 6) is 1.82. The van der Waals surface area contributed by atoms with Crippen LogP contribution < -0.4 is 10.6 Å². The van der Waals surface area contributed by atoms with E-state index in [4.69, 9.17) is 4.42 Å². The number of nitrogens with zero attached hydrogens (tertiary/aromatic N) is 1. The van der Waals surface area contributed by atoms with Crippen molar-refractivity contribution in [3.8, 4) is 0 Å². The minimum atomic E-state index is 0. The summed E-state index contributed by atoms with van der Waals surface area (Å²) in [5.41, 5.74) is 2.15. The van der Waals surface area contributed by atoms with Gasteiger partial charge in [-0.2, -0.15) is 0 Å². The van der Waals surface area contributed by atoms with Crippen LogP contribution in [0.3, 0.4) is 0 Å². The Morgan fingerprint density at radius 3 is 2.75 bits per heavy atom. The topological polar surface area (TPSA) is 49.6 Å². The monoisotopic (exact) mass is 385 g/mol. The predicted octanol–water partition coefficient (Wildman–Crippen LogP) is 3.19. The number of rotatable bonds is 3. The van der Waals surface area contributed by atoms with Gasteiger partial charge >= 0.3 is 0 Å². The molecule has 3 rings (SSSR count). The van der Waals surface area contributed by atoms with Crippen molar-refractivity contribution in [3.05, 3.63) is 35.6 Å². The van der Waals surface area contributed by atoms with Gasteiger partial charge in [-0.15, -0.1) is 24.0 Å². The van der Waals surface area contributed by atoms with Crippen LogP contribution in [0.5, 0.6) is 0 Å². The summed E-state index contributed by atoms with van der Waals surface area (Å²) < 4.78 is 5.87. The highest BCUT2D eigenvalue weighted by Crippen LogP contribution is 2.24. The first-order valence-electron chi connectivity index (χ1n) is 6.72. The number of nitrogens with one attached hydrogen (secondary N) is 2. The minimum Gasteiger partial charge on any atom is -0.459 e. The Hall–Kier alpha value is -1.24. The summed E-state index contributed by atoms with van der Waals surface area (Å²) in [6.07, 6.45) is 2.48. The zero-order chi connectivity index (χ0) is 13.2. The number of benzene rings is 1. The van der Waals surface area contributed by atoms with Crippen LogP contribution in [-0.4, -0.2) is 19.0 Å². The molecule has 0 atom stereocenters. The highest BCUT2D eigenvalue weighted by molar-refractivity contribution is 14.0. The van der Waals surface area contributed by atoms with E-state index in [1.165, 1.54) is 23.8 Å². The molecule has 1 aromatic heterocycles. The van der Waals surface area contributed by atoms with Gasteiger partial charge in [-0.3, -0.25) is 4.99 Å². The van der Waals surface area contributed by atoms with Gasteiger partial charge in [0.25, 0.3) is 0 Å². The van der Waals surface area contributed by atoms with E-state index in [9.17, 15) is 0 Å².